The summed E-state index contributed by atoms with van der Waals surface area (Å²) in [6, 6.07) is 23.5. The van der Waals surface area contributed by atoms with Gasteiger partial charge in [0.1, 0.15) is 0 Å². The molecular formula is C23H23NO3. The minimum Gasteiger partial charge on any atom is -0.493 e. The summed E-state index contributed by atoms with van der Waals surface area (Å²) in [7, 11) is 5.00. The van der Waals surface area contributed by atoms with Crippen molar-refractivity contribution in [3.05, 3.63) is 83.9 Å². The average molecular weight is 361 g/mol. The van der Waals surface area contributed by atoms with E-state index in [1.807, 2.05) is 60.7 Å². The van der Waals surface area contributed by atoms with E-state index in [9.17, 15) is 4.79 Å². The van der Waals surface area contributed by atoms with Crippen LogP contribution in [0.15, 0.2) is 72.8 Å². The van der Waals surface area contributed by atoms with Gasteiger partial charge in [0.25, 0.3) is 5.91 Å². The zero-order valence-electron chi connectivity index (χ0n) is 15.8. The third kappa shape index (κ3) is 4.29. The summed E-state index contributed by atoms with van der Waals surface area (Å²) in [4.78, 5) is 14.4. The molecule has 0 heterocycles. The molecule has 4 nitrogen and oxygen atoms in total. The highest BCUT2D eigenvalue weighted by atomic mass is 16.5. The van der Waals surface area contributed by atoms with E-state index in [1.165, 1.54) is 0 Å². The standard InChI is InChI=1S/C23H23NO3/c1-24(16-17-9-14-21(26-2)22(15-17)27-3)23(25)20-12-10-19(11-13-20)18-7-5-4-6-8-18/h4-15H,16H2,1-3H3. The lowest BCUT2D eigenvalue weighted by Crippen LogP contribution is -2.26. The van der Waals surface area contributed by atoms with Gasteiger partial charge in [-0.1, -0.05) is 48.5 Å². The molecule has 0 aromatic heterocycles. The maximum Gasteiger partial charge on any atom is 0.253 e. The second-order valence-corrected chi connectivity index (χ2v) is 6.29. The average Bonchev–Trinajstić information content (AvgIpc) is 2.73. The Hall–Kier alpha value is -3.27. The number of ether oxygens (including phenoxy) is 2. The number of hydrogen-bond donors (Lipinski definition) is 0. The number of hydrogen-bond acceptors (Lipinski definition) is 3. The highest BCUT2D eigenvalue weighted by molar-refractivity contribution is 5.94. The Morgan fingerprint density at radius 2 is 1.44 bits per heavy atom. The van der Waals surface area contributed by atoms with Gasteiger partial charge in [-0.2, -0.15) is 0 Å². The van der Waals surface area contributed by atoms with Gasteiger partial charge in [-0.3, -0.25) is 4.79 Å². The van der Waals surface area contributed by atoms with Crippen molar-refractivity contribution < 1.29 is 14.3 Å². The van der Waals surface area contributed by atoms with E-state index >= 15 is 0 Å². The van der Waals surface area contributed by atoms with Crippen molar-refractivity contribution >= 4 is 5.91 Å². The van der Waals surface area contributed by atoms with Crippen LogP contribution in [0.1, 0.15) is 15.9 Å². The van der Waals surface area contributed by atoms with Crippen molar-refractivity contribution in [2.75, 3.05) is 21.3 Å². The van der Waals surface area contributed by atoms with Crippen molar-refractivity contribution in [1.82, 2.24) is 4.90 Å². The molecule has 3 aromatic carbocycles. The molecule has 1 amide bonds. The van der Waals surface area contributed by atoms with Gasteiger partial charge in [-0.05, 0) is 41.0 Å². The summed E-state index contributed by atoms with van der Waals surface area (Å²) < 4.78 is 10.6. The maximum absolute atomic E-state index is 12.7. The Morgan fingerprint density at radius 1 is 0.815 bits per heavy atom. The van der Waals surface area contributed by atoms with Gasteiger partial charge >= 0.3 is 0 Å². The van der Waals surface area contributed by atoms with Crippen LogP contribution in [0.3, 0.4) is 0 Å². The Bertz CT molecular complexity index is 905. The van der Waals surface area contributed by atoms with Crippen molar-refractivity contribution in [2.24, 2.45) is 0 Å². The first-order chi connectivity index (χ1) is 13.1. The minimum atomic E-state index is -0.0237. The second-order valence-electron chi connectivity index (χ2n) is 6.29. The fraction of sp³-hybridized carbons (Fsp3) is 0.174. The molecule has 0 aliphatic rings. The van der Waals surface area contributed by atoms with Crippen LogP contribution < -0.4 is 9.47 Å². The number of nitrogens with zero attached hydrogens (tertiary/aromatic N) is 1. The van der Waals surface area contributed by atoms with Crippen LogP contribution in [0.4, 0.5) is 0 Å². The third-order valence-corrected chi connectivity index (χ3v) is 4.45. The lowest BCUT2D eigenvalue weighted by atomic mass is 10.0. The Labute approximate surface area is 160 Å². The number of rotatable bonds is 6. The number of benzene rings is 3. The zero-order valence-corrected chi connectivity index (χ0v) is 15.8. The van der Waals surface area contributed by atoms with E-state index in [0.717, 1.165) is 16.7 Å². The molecule has 0 spiro atoms. The quantitative estimate of drug-likeness (QED) is 0.642. The molecule has 0 unspecified atom stereocenters. The van der Waals surface area contributed by atoms with Gasteiger partial charge in [-0.15, -0.1) is 0 Å². The van der Waals surface area contributed by atoms with Crippen LogP contribution in [0.5, 0.6) is 11.5 Å². The molecule has 0 aliphatic heterocycles. The molecule has 4 heteroatoms. The molecule has 0 N–H and O–H groups in total. The number of carbonyl (C=O) groups is 1. The SMILES string of the molecule is COc1ccc(CN(C)C(=O)c2ccc(-c3ccccc3)cc2)cc1OC. The van der Waals surface area contributed by atoms with Crippen molar-refractivity contribution in [3.8, 4) is 22.6 Å². The van der Waals surface area contributed by atoms with Crippen LogP contribution in [0.25, 0.3) is 11.1 Å². The number of carbonyl (C=O) groups excluding carboxylic acids is 1. The molecule has 0 atom stereocenters. The molecule has 0 saturated carbocycles. The van der Waals surface area contributed by atoms with Gasteiger partial charge in [-0.25, -0.2) is 0 Å². The normalized spacial score (nSPS) is 10.3. The summed E-state index contributed by atoms with van der Waals surface area (Å²) in [5.41, 5.74) is 3.87. The first kappa shape index (κ1) is 18.5. The van der Waals surface area contributed by atoms with E-state index in [-0.39, 0.29) is 5.91 Å². The van der Waals surface area contributed by atoms with E-state index < -0.39 is 0 Å². The van der Waals surface area contributed by atoms with Gasteiger partial charge < -0.3 is 14.4 Å². The summed E-state index contributed by atoms with van der Waals surface area (Å²) in [5.74, 6) is 1.30. The molecule has 27 heavy (non-hydrogen) atoms. The van der Waals surface area contributed by atoms with E-state index in [4.69, 9.17) is 9.47 Å². The monoisotopic (exact) mass is 361 g/mol. The smallest absolute Gasteiger partial charge is 0.253 e. The Balaban J connectivity index is 1.72. The number of methoxy groups -OCH3 is 2. The van der Waals surface area contributed by atoms with Crippen LogP contribution in [-0.4, -0.2) is 32.1 Å². The van der Waals surface area contributed by atoms with Crippen LogP contribution in [0, 0.1) is 0 Å². The predicted octanol–water partition coefficient (Wildman–Crippen LogP) is 4.64. The first-order valence-corrected chi connectivity index (χ1v) is 8.74. The molecule has 3 aromatic rings. The fourth-order valence-electron chi connectivity index (χ4n) is 2.98. The first-order valence-electron chi connectivity index (χ1n) is 8.74. The van der Waals surface area contributed by atoms with Gasteiger partial charge in [0.05, 0.1) is 14.2 Å². The van der Waals surface area contributed by atoms with Crippen LogP contribution in [-0.2, 0) is 6.54 Å². The lowest BCUT2D eigenvalue weighted by Gasteiger charge is -2.18. The summed E-state index contributed by atoms with van der Waals surface area (Å²) in [5, 5.41) is 0. The molecule has 0 radical (unpaired) electrons. The van der Waals surface area contributed by atoms with E-state index in [2.05, 4.69) is 12.1 Å². The molecule has 0 aliphatic carbocycles. The maximum atomic E-state index is 12.7. The summed E-state index contributed by atoms with van der Waals surface area (Å²) in [6.45, 7) is 0.486. The Morgan fingerprint density at radius 3 is 2.07 bits per heavy atom. The van der Waals surface area contributed by atoms with Crippen molar-refractivity contribution in [2.45, 2.75) is 6.54 Å². The second kappa shape index (κ2) is 8.41. The van der Waals surface area contributed by atoms with E-state index in [0.29, 0.717) is 23.6 Å². The third-order valence-electron chi connectivity index (χ3n) is 4.45. The largest absolute Gasteiger partial charge is 0.493 e. The molecular weight excluding hydrogens is 338 g/mol. The molecule has 0 bridgehead atoms. The highest BCUT2D eigenvalue weighted by Gasteiger charge is 2.13. The fourth-order valence-corrected chi connectivity index (χ4v) is 2.98. The predicted molar refractivity (Wildman–Crippen MR) is 107 cm³/mol. The molecule has 3 rings (SSSR count). The lowest BCUT2D eigenvalue weighted by molar-refractivity contribution is 0.0785. The van der Waals surface area contributed by atoms with Crippen molar-refractivity contribution in [1.29, 1.82) is 0 Å². The van der Waals surface area contributed by atoms with Crippen LogP contribution in [0.2, 0.25) is 0 Å². The minimum absolute atomic E-state index is 0.0237. The topological polar surface area (TPSA) is 38.8 Å². The summed E-state index contributed by atoms with van der Waals surface area (Å²) >= 11 is 0. The van der Waals surface area contributed by atoms with Crippen molar-refractivity contribution in [3.63, 3.8) is 0 Å². The number of amides is 1. The zero-order chi connectivity index (χ0) is 19.2. The molecule has 0 fully saturated rings. The van der Waals surface area contributed by atoms with E-state index in [1.54, 1.807) is 26.2 Å². The van der Waals surface area contributed by atoms with Gasteiger partial charge in [0.2, 0.25) is 0 Å². The highest BCUT2D eigenvalue weighted by Crippen LogP contribution is 2.28. The molecule has 138 valence electrons. The Kier molecular flexibility index (Phi) is 5.77. The van der Waals surface area contributed by atoms with Crippen LogP contribution >= 0.6 is 0 Å². The van der Waals surface area contributed by atoms with Gasteiger partial charge in [0.15, 0.2) is 11.5 Å². The summed E-state index contributed by atoms with van der Waals surface area (Å²) in [6.07, 6.45) is 0. The molecule has 0 saturated heterocycles. The van der Waals surface area contributed by atoms with Gasteiger partial charge in [0, 0.05) is 19.2 Å².